The van der Waals surface area contributed by atoms with E-state index >= 15 is 0 Å². The third-order valence-corrected chi connectivity index (χ3v) is 5.54. The Labute approximate surface area is 171 Å². The number of halogens is 3. The quantitative estimate of drug-likeness (QED) is 0.785. The molecule has 1 aliphatic heterocycles. The second kappa shape index (κ2) is 7.33. The maximum Gasteiger partial charge on any atom is 0.433 e. The summed E-state index contributed by atoms with van der Waals surface area (Å²) in [6.45, 7) is 3.67. The highest BCUT2D eigenvalue weighted by Crippen LogP contribution is 2.37. The van der Waals surface area contributed by atoms with Gasteiger partial charge in [-0.1, -0.05) is 0 Å². The highest BCUT2D eigenvalue weighted by molar-refractivity contribution is 6.04. The van der Waals surface area contributed by atoms with Gasteiger partial charge in [-0.15, -0.1) is 0 Å². The second-order valence-electron chi connectivity index (χ2n) is 7.69. The van der Waals surface area contributed by atoms with Crippen molar-refractivity contribution < 1.29 is 22.7 Å². The minimum atomic E-state index is -4.50. The number of pyridine rings is 2. The van der Waals surface area contributed by atoms with Gasteiger partial charge in [0, 0.05) is 44.3 Å². The van der Waals surface area contributed by atoms with Crippen molar-refractivity contribution in [3.05, 3.63) is 35.8 Å². The summed E-state index contributed by atoms with van der Waals surface area (Å²) in [5, 5.41) is 6.23. The van der Waals surface area contributed by atoms with Crippen LogP contribution < -0.4 is 20.3 Å². The molecule has 7 nitrogen and oxygen atoms in total. The number of ether oxygens (including phenoxy) is 1. The molecule has 2 N–H and O–H groups in total. The summed E-state index contributed by atoms with van der Waals surface area (Å²) in [4.78, 5) is 21.8. The first-order chi connectivity index (χ1) is 14.1. The van der Waals surface area contributed by atoms with Crippen LogP contribution in [-0.2, 0) is 11.0 Å². The minimum absolute atomic E-state index is 0.0700. The van der Waals surface area contributed by atoms with E-state index in [-0.39, 0.29) is 29.8 Å². The van der Waals surface area contributed by atoms with Gasteiger partial charge in [-0.2, -0.15) is 13.2 Å². The summed E-state index contributed by atoms with van der Waals surface area (Å²) in [5.41, 5.74) is 1.35. The first kappa shape index (κ1) is 20.2. The molecule has 1 saturated carbocycles. The van der Waals surface area contributed by atoms with Crippen LogP contribution in [0.2, 0.25) is 0 Å². The highest BCUT2D eigenvalue weighted by Gasteiger charge is 2.35. The Kier molecular flexibility index (Phi) is 4.95. The van der Waals surface area contributed by atoms with Crippen LogP contribution in [0.5, 0.6) is 5.75 Å². The number of carbonyl (C=O) groups excluding carboxylic acids is 1. The summed E-state index contributed by atoms with van der Waals surface area (Å²) < 4.78 is 44.0. The second-order valence-corrected chi connectivity index (χ2v) is 7.69. The SMILES string of the molecule is Cc1nc(NC2CC(Oc3ccnc(C(F)(F)F)c3)C2)cc2c1NC(=O)C(C)N2C. The predicted octanol–water partition coefficient (Wildman–Crippen LogP) is 3.60. The lowest BCUT2D eigenvalue weighted by atomic mass is 9.89. The predicted molar refractivity (Wildman–Crippen MR) is 106 cm³/mol. The van der Waals surface area contributed by atoms with Crippen molar-refractivity contribution in [3.8, 4) is 5.75 Å². The number of carbonyl (C=O) groups is 1. The number of hydrogen-bond acceptors (Lipinski definition) is 6. The average molecular weight is 421 g/mol. The molecule has 2 aromatic rings. The molecule has 0 aromatic carbocycles. The zero-order valence-electron chi connectivity index (χ0n) is 16.7. The number of amides is 1. The van der Waals surface area contributed by atoms with Crippen molar-refractivity contribution in [2.75, 3.05) is 22.6 Å². The Morgan fingerprint density at radius 3 is 2.73 bits per heavy atom. The third-order valence-electron chi connectivity index (χ3n) is 5.54. The molecular formula is C20H22F3N5O2. The molecule has 30 heavy (non-hydrogen) atoms. The molecule has 2 aromatic heterocycles. The van der Waals surface area contributed by atoms with E-state index in [9.17, 15) is 18.0 Å². The van der Waals surface area contributed by atoms with E-state index in [0.29, 0.717) is 30.0 Å². The molecule has 0 saturated heterocycles. The number of aryl methyl sites for hydroxylation is 1. The highest BCUT2D eigenvalue weighted by atomic mass is 19.4. The van der Waals surface area contributed by atoms with Crippen molar-refractivity contribution in [3.63, 3.8) is 0 Å². The van der Waals surface area contributed by atoms with Gasteiger partial charge in [0.15, 0.2) is 0 Å². The van der Waals surface area contributed by atoms with Crippen LogP contribution >= 0.6 is 0 Å². The van der Waals surface area contributed by atoms with Crippen LogP contribution in [0, 0.1) is 6.92 Å². The van der Waals surface area contributed by atoms with Gasteiger partial charge in [-0.25, -0.2) is 4.98 Å². The van der Waals surface area contributed by atoms with E-state index in [1.807, 2.05) is 31.9 Å². The minimum Gasteiger partial charge on any atom is -0.490 e. The third kappa shape index (κ3) is 3.86. The van der Waals surface area contributed by atoms with E-state index in [0.717, 1.165) is 18.0 Å². The number of aromatic nitrogens is 2. The molecule has 1 amide bonds. The van der Waals surface area contributed by atoms with Crippen molar-refractivity contribution in [2.24, 2.45) is 0 Å². The van der Waals surface area contributed by atoms with E-state index in [1.54, 1.807) is 0 Å². The van der Waals surface area contributed by atoms with Crippen LogP contribution in [0.25, 0.3) is 0 Å². The number of nitrogens with zero attached hydrogens (tertiary/aromatic N) is 3. The number of nitrogens with one attached hydrogen (secondary N) is 2. The Balaban J connectivity index is 1.38. The van der Waals surface area contributed by atoms with Crippen molar-refractivity contribution in [1.82, 2.24) is 9.97 Å². The molecule has 3 heterocycles. The van der Waals surface area contributed by atoms with Crippen LogP contribution in [-0.4, -0.2) is 41.1 Å². The van der Waals surface area contributed by atoms with Crippen molar-refractivity contribution in [1.29, 1.82) is 0 Å². The average Bonchev–Trinajstić information content (AvgIpc) is 2.65. The van der Waals surface area contributed by atoms with E-state index < -0.39 is 11.9 Å². The number of rotatable bonds is 4. The number of hydrogen-bond donors (Lipinski definition) is 2. The van der Waals surface area contributed by atoms with Crippen LogP contribution in [0.1, 0.15) is 31.2 Å². The molecule has 1 aliphatic carbocycles. The van der Waals surface area contributed by atoms with Gasteiger partial charge >= 0.3 is 6.18 Å². The molecule has 1 unspecified atom stereocenters. The first-order valence-corrected chi connectivity index (χ1v) is 9.63. The molecule has 1 atom stereocenters. The summed E-state index contributed by atoms with van der Waals surface area (Å²) in [5.74, 6) is 0.780. The van der Waals surface area contributed by atoms with E-state index in [4.69, 9.17) is 4.74 Å². The summed E-state index contributed by atoms with van der Waals surface area (Å²) in [6.07, 6.45) is -2.28. The Bertz CT molecular complexity index is 975. The smallest absolute Gasteiger partial charge is 0.433 e. The van der Waals surface area contributed by atoms with E-state index in [1.165, 1.54) is 6.07 Å². The molecular weight excluding hydrogens is 399 g/mol. The fourth-order valence-electron chi connectivity index (χ4n) is 3.60. The van der Waals surface area contributed by atoms with Crippen LogP contribution in [0.3, 0.4) is 0 Å². The molecule has 0 spiro atoms. The van der Waals surface area contributed by atoms with Gasteiger partial charge in [0.25, 0.3) is 0 Å². The molecule has 1 fully saturated rings. The van der Waals surface area contributed by atoms with Crippen LogP contribution in [0.4, 0.5) is 30.4 Å². The van der Waals surface area contributed by atoms with Gasteiger partial charge in [0.2, 0.25) is 5.91 Å². The molecule has 10 heteroatoms. The maximum atomic E-state index is 12.8. The molecule has 4 rings (SSSR count). The summed E-state index contributed by atoms with van der Waals surface area (Å²) >= 11 is 0. The fourth-order valence-corrected chi connectivity index (χ4v) is 3.60. The number of alkyl halides is 3. The Morgan fingerprint density at radius 1 is 1.30 bits per heavy atom. The standard InChI is InChI=1S/C20H22F3N5O2/c1-10-18-15(28(3)11(2)19(29)27-18)9-17(25-10)26-12-6-14(7-12)30-13-4-5-24-16(8-13)20(21,22)23/h4-5,8-9,11-12,14H,6-7H2,1-3H3,(H,25,26)(H,27,29). The maximum absolute atomic E-state index is 12.8. The number of fused-ring (bicyclic) bond motifs is 1. The van der Waals surface area contributed by atoms with Gasteiger partial charge in [-0.3, -0.25) is 9.78 Å². The van der Waals surface area contributed by atoms with Gasteiger partial charge in [0.1, 0.15) is 29.4 Å². The Hall–Kier alpha value is -3.04. The van der Waals surface area contributed by atoms with Gasteiger partial charge < -0.3 is 20.3 Å². The summed E-state index contributed by atoms with van der Waals surface area (Å²) in [6, 6.07) is 4.06. The van der Waals surface area contributed by atoms with Crippen molar-refractivity contribution in [2.45, 2.75) is 51.1 Å². The first-order valence-electron chi connectivity index (χ1n) is 9.63. The van der Waals surface area contributed by atoms with Gasteiger partial charge in [0.05, 0.1) is 17.1 Å². The van der Waals surface area contributed by atoms with Crippen molar-refractivity contribution >= 4 is 23.1 Å². The zero-order chi connectivity index (χ0) is 21.6. The molecule has 0 bridgehead atoms. The zero-order valence-corrected chi connectivity index (χ0v) is 16.7. The lowest BCUT2D eigenvalue weighted by Crippen LogP contribution is -2.45. The Morgan fingerprint density at radius 2 is 2.03 bits per heavy atom. The normalized spacial score (nSPS) is 23.3. The topological polar surface area (TPSA) is 79.4 Å². The lowest BCUT2D eigenvalue weighted by Gasteiger charge is -2.37. The van der Waals surface area contributed by atoms with Crippen LogP contribution in [0.15, 0.2) is 24.4 Å². The molecule has 160 valence electrons. The fraction of sp³-hybridized carbons (Fsp3) is 0.450. The lowest BCUT2D eigenvalue weighted by molar-refractivity contribution is -0.141. The monoisotopic (exact) mass is 421 g/mol. The largest absolute Gasteiger partial charge is 0.490 e. The summed E-state index contributed by atoms with van der Waals surface area (Å²) in [7, 11) is 1.86. The molecule has 2 aliphatic rings. The number of anilines is 3. The van der Waals surface area contributed by atoms with E-state index in [2.05, 4.69) is 20.6 Å². The number of likely N-dealkylation sites (N-methyl/N-ethyl adjacent to an activating group) is 1. The van der Waals surface area contributed by atoms with Gasteiger partial charge in [-0.05, 0) is 19.9 Å². The molecule has 0 radical (unpaired) electrons.